The van der Waals surface area contributed by atoms with Gasteiger partial charge in [-0.25, -0.2) is 4.98 Å². The van der Waals surface area contributed by atoms with Gasteiger partial charge in [-0.15, -0.1) is 0 Å². The molecule has 0 aliphatic carbocycles. The van der Waals surface area contributed by atoms with Gasteiger partial charge in [0.15, 0.2) is 0 Å². The molecule has 0 saturated carbocycles. The van der Waals surface area contributed by atoms with Crippen molar-refractivity contribution in [1.82, 2.24) is 14.8 Å². The van der Waals surface area contributed by atoms with Crippen LogP contribution < -0.4 is 11.1 Å². The maximum Gasteiger partial charge on any atom is 0.252 e. The number of aromatic nitrogens is 3. The minimum Gasteiger partial charge on any atom is -0.365 e. The molecule has 0 spiro atoms. The normalized spacial score (nSPS) is 10.2. The highest BCUT2D eigenvalue weighted by Crippen LogP contribution is 2.17. The summed E-state index contributed by atoms with van der Waals surface area (Å²) in [7, 11) is 0. The number of nitrogens with two attached hydrogens (primary N) is 1. The molecule has 0 bridgehead atoms. The Kier molecular flexibility index (Phi) is 3.04. The Balaban J connectivity index is 2.26. The van der Waals surface area contributed by atoms with Crippen LogP contribution in [-0.4, -0.2) is 20.7 Å². The van der Waals surface area contributed by atoms with E-state index in [1.165, 1.54) is 0 Å². The molecule has 17 heavy (non-hydrogen) atoms. The van der Waals surface area contributed by atoms with Gasteiger partial charge in [-0.1, -0.05) is 0 Å². The van der Waals surface area contributed by atoms with Crippen molar-refractivity contribution < 1.29 is 4.79 Å². The first-order valence-corrected chi connectivity index (χ1v) is 5.25. The second kappa shape index (κ2) is 4.65. The third-order valence-corrected chi connectivity index (χ3v) is 2.29. The highest BCUT2D eigenvalue weighted by molar-refractivity contribution is 5.98. The molecule has 0 atom stereocenters. The van der Waals surface area contributed by atoms with Crippen LogP contribution in [0.4, 0.5) is 11.5 Å². The zero-order valence-corrected chi connectivity index (χ0v) is 9.42. The van der Waals surface area contributed by atoms with Gasteiger partial charge in [-0.2, -0.15) is 5.10 Å². The van der Waals surface area contributed by atoms with E-state index in [1.54, 1.807) is 29.2 Å². The lowest BCUT2D eigenvalue weighted by Gasteiger charge is -2.05. The predicted octanol–water partition coefficient (Wildman–Crippen LogP) is 1.14. The summed E-state index contributed by atoms with van der Waals surface area (Å²) in [5.41, 5.74) is 6.39. The lowest BCUT2D eigenvalue weighted by molar-refractivity contribution is 0.100. The molecule has 6 nitrogen and oxygen atoms in total. The molecule has 0 fully saturated rings. The van der Waals surface area contributed by atoms with Crippen LogP contribution in [0.1, 0.15) is 17.3 Å². The van der Waals surface area contributed by atoms with Gasteiger partial charge in [0, 0.05) is 18.9 Å². The average molecular weight is 231 g/mol. The topological polar surface area (TPSA) is 85.8 Å². The largest absolute Gasteiger partial charge is 0.365 e. The molecule has 0 aromatic carbocycles. The van der Waals surface area contributed by atoms with Crippen molar-refractivity contribution in [2.24, 2.45) is 5.73 Å². The first-order valence-electron chi connectivity index (χ1n) is 5.25. The number of nitrogens with one attached hydrogen (secondary N) is 1. The van der Waals surface area contributed by atoms with Crippen molar-refractivity contribution >= 4 is 17.4 Å². The Morgan fingerprint density at radius 2 is 2.41 bits per heavy atom. The molecule has 88 valence electrons. The van der Waals surface area contributed by atoms with E-state index in [9.17, 15) is 4.79 Å². The molecule has 0 saturated heterocycles. The second-order valence-electron chi connectivity index (χ2n) is 3.47. The molecular weight excluding hydrogens is 218 g/mol. The lowest BCUT2D eigenvalue weighted by atomic mass is 10.2. The quantitative estimate of drug-likeness (QED) is 0.826. The highest BCUT2D eigenvalue weighted by atomic mass is 16.1. The van der Waals surface area contributed by atoms with Crippen molar-refractivity contribution in [2.45, 2.75) is 13.5 Å². The number of primary amides is 1. The van der Waals surface area contributed by atoms with Gasteiger partial charge >= 0.3 is 0 Å². The van der Waals surface area contributed by atoms with Gasteiger partial charge in [0.25, 0.3) is 5.91 Å². The van der Waals surface area contributed by atoms with E-state index in [0.29, 0.717) is 11.4 Å². The van der Waals surface area contributed by atoms with E-state index in [2.05, 4.69) is 15.4 Å². The van der Waals surface area contributed by atoms with Crippen molar-refractivity contribution in [3.05, 3.63) is 36.3 Å². The van der Waals surface area contributed by atoms with E-state index >= 15 is 0 Å². The first kappa shape index (κ1) is 11.1. The SMILES string of the molecule is CCn1cc(Nc2ncccc2C(N)=O)cn1. The molecular formula is C11H13N5O. The second-order valence-corrected chi connectivity index (χ2v) is 3.47. The number of pyridine rings is 1. The third kappa shape index (κ3) is 2.41. The summed E-state index contributed by atoms with van der Waals surface area (Å²) < 4.78 is 1.77. The number of rotatable bonds is 4. The molecule has 3 N–H and O–H groups in total. The van der Waals surface area contributed by atoms with Gasteiger partial charge in [-0.3, -0.25) is 9.48 Å². The summed E-state index contributed by atoms with van der Waals surface area (Å²) in [4.78, 5) is 15.3. The van der Waals surface area contributed by atoms with E-state index < -0.39 is 5.91 Å². The van der Waals surface area contributed by atoms with E-state index in [-0.39, 0.29) is 0 Å². The molecule has 2 aromatic rings. The van der Waals surface area contributed by atoms with Crippen LogP contribution in [-0.2, 0) is 6.54 Å². The van der Waals surface area contributed by atoms with Crippen LogP contribution in [0.3, 0.4) is 0 Å². The van der Waals surface area contributed by atoms with Crippen LogP contribution in [0.15, 0.2) is 30.7 Å². The maximum atomic E-state index is 11.2. The molecule has 0 radical (unpaired) electrons. The van der Waals surface area contributed by atoms with Gasteiger partial charge in [-0.05, 0) is 19.1 Å². The van der Waals surface area contributed by atoms with E-state index in [4.69, 9.17) is 5.73 Å². The number of hydrogen-bond acceptors (Lipinski definition) is 4. The van der Waals surface area contributed by atoms with Crippen LogP contribution in [0.2, 0.25) is 0 Å². The van der Waals surface area contributed by atoms with Crippen molar-refractivity contribution in [2.75, 3.05) is 5.32 Å². The molecule has 0 aliphatic rings. The van der Waals surface area contributed by atoms with E-state index in [1.807, 2.05) is 13.1 Å². The van der Waals surface area contributed by atoms with Gasteiger partial charge in [0.05, 0.1) is 17.4 Å². The molecule has 0 unspecified atom stereocenters. The Hall–Kier alpha value is -2.37. The molecule has 2 aromatic heterocycles. The third-order valence-electron chi connectivity index (χ3n) is 2.29. The van der Waals surface area contributed by atoms with Crippen LogP contribution in [0, 0.1) is 0 Å². The fourth-order valence-corrected chi connectivity index (χ4v) is 1.44. The molecule has 2 rings (SSSR count). The lowest BCUT2D eigenvalue weighted by Crippen LogP contribution is -2.13. The monoisotopic (exact) mass is 231 g/mol. The fourth-order valence-electron chi connectivity index (χ4n) is 1.44. The van der Waals surface area contributed by atoms with Crippen LogP contribution in [0.5, 0.6) is 0 Å². The minimum atomic E-state index is -0.511. The maximum absolute atomic E-state index is 11.2. The van der Waals surface area contributed by atoms with Crippen molar-refractivity contribution in [3.63, 3.8) is 0 Å². The Labute approximate surface area is 98.5 Å². The summed E-state index contributed by atoms with van der Waals surface area (Å²) >= 11 is 0. The zero-order chi connectivity index (χ0) is 12.3. The van der Waals surface area contributed by atoms with Gasteiger partial charge < -0.3 is 11.1 Å². The number of nitrogens with zero attached hydrogens (tertiary/aromatic N) is 3. The van der Waals surface area contributed by atoms with E-state index in [0.717, 1.165) is 12.2 Å². The van der Waals surface area contributed by atoms with Crippen molar-refractivity contribution in [3.8, 4) is 0 Å². The molecule has 1 amide bonds. The number of amides is 1. The van der Waals surface area contributed by atoms with Crippen LogP contribution >= 0.6 is 0 Å². The Bertz CT molecular complexity index is 534. The number of carbonyl (C=O) groups is 1. The van der Waals surface area contributed by atoms with Crippen LogP contribution in [0.25, 0.3) is 0 Å². The summed E-state index contributed by atoms with van der Waals surface area (Å²) in [5, 5.41) is 7.13. The summed E-state index contributed by atoms with van der Waals surface area (Å²) in [6, 6.07) is 3.29. The highest BCUT2D eigenvalue weighted by Gasteiger charge is 2.09. The molecule has 6 heteroatoms. The zero-order valence-electron chi connectivity index (χ0n) is 9.42. The number of aryl methyl sites for hydroxylation is 1. The average Bonchev–Trinajstić information content (AvgIpc) is 2.77. The summed E-state index contributed by atoms with van der Waals surface area (Å²) in [6.07, 6.45) is 5.10. The fraction of sp³-hybridized carbons (Fsp3) is 0.182. The number of carbonyl (C=O) groups excluding carboxylic acids is 1. The Morgan fingerprint density at radius 3 is 3.06 bits per heavy atom. The standard InChI is InChI=1S/C11H13N5O/c1-2-16-7-8(6-14-16)15-11-9(10(12)17)4-3-5-13-11/h3-7H,2H2,1H3,(H2,12,17)(H,13,15). The molecule has 2 heterocycles. The summed E-state index contributed by atoms with van der Waals surface area (Å²) in [5.74, 6) is -0.0702. The Morgan fingerprint density at radius 1 is 1.59 bits per heavy atom. The van der Waals surface area contributed by atoms with Crippen molar-refractivity contribution in [1.29, 1.82) is 0 Å². The molecule has 0 aliphatic heterocycles. The number of anilines is 2. The summed E-state index contributed by atoms with van der Waals surface area (Å²) in [6.45, 7) is 2.78. The smallest absolute Gasteiger partial charge is 0.252 e. The predicted molar refractivity (Wildman–Crippen MR) is 63.9 cm³/mol. The minimum absolute atomic E-state index is 0.358. The number of hydrogen-bond donors (Lipinski definition) is 2. The van der Waals surface area contributed by atoms with Gasteiger partial charge in [0.2, 0.25) is 0 Å². The van der Waals surface area contributed by atoms with Gasteiger partial charge in [0.1, 0.15) is 5.82 Å². The first-order chi connectivity index (χ1) is 8.20.